The van der Waals surface area contributed by atoms with Gasteiger partial charge in [0.1, 0.15) is 0 Å². The summed E-state index contributed by atoms with van der Waals surface area (Å²) in [6, 6.07) is 22.6. The lowest BCUT2D eigenvalue weighted by Crippen LogP contribution is -2.33. The molecule has 0 saturated carbocycles. The van der Waals surface area contributed by atoms with Crippen molar-refractivity contribution in [1.29, 1.82) is 0 Å². The molecule has 0 aliphatic carbocycles. The molecular formula is C26H30N2S. The minimum atomic E-state index is 0.395. The van der Waals surface area contributed by atoms with E-state index < -0.39 is 0 Å². The molecule has 1 aliphatic heterocycles. The van der Waals surface area contributed by atoms with Crippen molar-refractivity contribution in [1.82, 2.24) is 9.88 Å². The van der Waals surface area contributed by atoms with Crippen LogP contribution in [0.15, 0.2) is 71.8 Å². The first-order valence-corrected chi connectivity index (χ1v) is 11.7. The molecule has 2 heterocycles. The fourth-order valence-electron chi connectivity index (χ4n) is 4.01. The molecule has 4 rings (SSSR count). The van der Waals surface area contributed by atoms with Crippen LogP contribution in [0.1, 0.15) is 54.3 Å². The number of nitrogens with zero attached hydrogens (tertiary/aromatic N) is 2. The van der Waals surface area contributed by atoms with Crippen LogP contribution in [0.5, 0.6) is 0 Å². The van der Waals surface area contributed by atoms with Gasteiger partial charge in [0.15, 0.2) is 0 Å². The quantitative estimate of drug-likeness (QED) is 0.423. The Morgan fingerprint density at radius 3 is 2.66 bits per heavy atom. The SMILES string of the molecule is CCCc1ccc([C@@H](C)N2CCc3ccc(SCc4ccccc4)cc3C2)cn1. The highest BCUT2D eigenvalue weighted by Crippen LogP contribution is 2.31. The number of aryl methyl sites for hydroxylation is 1. The molecule has 0 amide bonds. The molecule has 1 aliphatic rings. The number of benzene rings is 2. The first-order chi connectivity index (χ1) is 14.2. The van der Waals surface area contributed by atoms with Gasteiger partial charge >= 0.3 is 0 Å². The second kappa shape index (κ2) is 9.60. The molecule has 0 spiro atoms. The van der Waals surface area contributed by atoms with Crippen molar-refractivity contribution in [3.05, 3.63) is 94.8 Å². The number of rotatable bonds is 7. The molecule has 0 saturated heterocycles. The molecule has 3 heteroatoms. The van der Waals surface area contributed by atoms with Crippen LogP contribution in [0.3, 0.4) is 0 Å². The average molecular weight is 403 g/mol. The minimum Gasteiger partial charge on any atom is -0.292 e. The number of fused-ring (bicyclic) bond motifs is 1. The maximum absolute atomic E-state index is 4.67. The Labute approximate surface area is 179 Å². The third kappa shape index (κ3) is 5.09. The monoisotopic (exact) mass is 402 g/mol. The number of hydrogen-bond acceptors (Lipinski definition) is 3. The largest absolute Gasteiger partial charge is 0.292 e. The molecule has 0 bridgehead atoms. The first-order valence-electron chi connectivity index (χ1n) is 10.7. The lowest BCUT2D eigenvalue weighted by Gasteiger charge is -2.34. The van der Waals surface area contributed by atoms with E-state index in [1.165, 1.54) is 32.8 Å². The molecule has 2 aromatic carbocycles. The number of aromatic nitrogens is 1. The van der Waals surface area contributed by atoms with Crippen molar-refractivity contribution in [2.24, 2.45) is 0 Å². The zero-order valence-corrected chi connectivity index (χ0v) is 18.3. The standard InChI is InChI=1S/C26H30N2S/c1-3-7-25-12-10-23(17-27-25)20(2)28-15-14-22-11-13-26(16-24(22)18-28)29-19-21-8-5-4-6-9-21/h4-6,8-13,16-17,20H,3,7,14-15,18-19H2,1-2H3/t20-/m1/s1. The Balaban J connectivity index is 1.42. The van der Waals surface area contributed by atoms with Crippen LogP contribution in [0.4, 0.5) is 0 Å². The maximum atomic E-state index is 4.67. The van der Waals surface area contributed by atoms with Gasteiger partial charge in [-0.1, -0.05) is 55.8 Å². The van der Waals surface area contributed by atoms with Crippen molar-refractivity contribution in [2.45, 2.75) is 56.3 Å². The van der Waals surface area contributed by atoms with Gasteiger partial charge in [-0.05, 0) is 60.2 Å². The van der Waals surface area contributed by atoms with Crippen molar-refractivity contribution in [3.63, 3.8) is 0 Å². The molecule has 1 atom stereocenters. The lowest BCUT2D eigenvalue weighted by atomic mass is 9.97. The van der Waals surface area contributed by atoms with Gasteiger partial charge in [-0.2, -0.15) is 0 Å². The Morgan fingerprint density at radius 2 is 1.90 bits per heavy atom. The minimum absolute atomic E-state index is 0.395. The topological polar surface area (TPSA) is 16.1 Å². The summed E-state index contributed by atoms with van der Waals surface area (Å²) in [6.45, 7) is 6.65. The van der Waals surface area contributed by atoms with Crippen LogP contribution in [0.25, 0.3) is 0 Å². The average Bonchev–Trinajstić information content (AvgIpc) is 2.78. The Morgan fingerprint density at radius 1 is 1.03 bits per heavy atom. The third-order valence-electron chi connectivity index (χ3n) is 5.85. The highest BCUT2D eigenvalue weighted by molar-refractivity contribution is 7.98. The van der Waals surface area contributed by atoms with E-state index in [4.69, 9.17) is 0 Å². The van der Waals surface area contributed by atoms with Gasteiger partial charge in [-0.15, -0.1) is 11.8 Å². The third-order valence-corrected chi connectivity index (χ3v) is 6.92. The molecule has 0 radical (unpaired) electrons. The van der Waals surface area contributed by atoms with Gasteiger partial charge in [0.25, 0.3) is 0 Å². The van der Waals surface area contributed by atoms with Crippen LogP contribution >= 0.6 is 11.8 Å². The predicted octanol–water partition coefficient (Wildman–Crippen LogP) is 6.45. The van der Waals surface area contributed by atoms with E-state index in [2.05, 4.69) is 90.6 Å². The lowest BCUT2D eigenvalue weighted by molar-refractivity contribution is 0.191. The molecule has 29 heavy (non-hydrogen) atoms. The smallest absolute Gasteiger partial charge is 0.0403 e. The van der Waals surface area contributed by atoms with Gasteiger partial charge in [-0.25, -0.2) is 0 Å². The fourth-order valence-corrected chi connectivity index (χ4v) is 4.93. The van der Waals surface area contributed by atoms with Crippen LogP contribution in [-0.2, 0) is 25.1 Å². The Bertz CT molecular complexity index is 921. The molecule has 3 aromatic rings. The second-order valence-electron chi connectivity index (χ2n) is 7.93. The van der Waals surface area contributed by atoms with Crippen molar-refractivity contribution in [2.75, 3.05) is 6.54 Å². The van der Waals surface area contributed by atoms with E-state index in [-0.39, 0.29) is 0 Å². The summed E-state index contributed by atoms with van der Waals surface area (Å²) in [5.74, 6) is 1.02. The van der Waals surface area contributed by atoms with Crippen LogP contribution in [0.2, 0.25) is 0 Å². The highest BCUT2D eigenvalue weighted by atomic mass is 32.2. The van der Waals surface area contributed by atoms with Gasteiger partial charge in [0.2, 0.25) is 0 Å². The van der Waals surface area contributed by atoms with Crippen LogP contribution < -0.4 is 0 Å². The summed E-state index contributed by atoms with van der Waals surface area (Å²) in [4.78, 5) is 8.62. The maximum Gasteiger partial charge on any atom is 0.0403 e. The van der Waals surface area contributed by atoms with E-state index in [0.29, 0.717) is 6.04 Å². The van der Waals surface area contributed by atoms with E-state index in [9.17, 15) is 0 Å². The molecule has 0 unspecified atom stereocenters. The van der Waals surface area contributed by atoms with Crippen LogP contribution in [-0.4, -0.2) is 16.4 Å². The van der Waals surface area contributed by atoms with Crippen molar-refractivity contribution < 1.29 is 0 Å². The predicted molar refractivity (Wildman–Crippen MR) is 123 cm³/mol. The highest BCUT2D eigenvalue weighted by Gasteiger charge is 2.22. The van der Waals surface area contributed by atoms with Crippen molar-refractivity contribution in [3.8, 4) is 0 Å². The Kier molecular flexibility index (Phi) is 6.68. The summed E-state index contributed by atoms with van der Waals surface area (Å²) in [7, 11) is 0. The molecule has 0 N–H and O–H groups in total. The number of hydrogen-bond donors (Lipinski definition) is 0. The Hall–Kier alpha value is -2.10. The fraction of sp³-hybridized carbons (Fsp3) is 0.346. The van der Waals surface area contributed by atoms with E-state index >= 15 is 0 Å². The summed E-state index contributed by atoms with van der Waals surface area (Å²) < 4.78 is 0. The van der Waals surface area contributed by atoms with Gasteiger partial charge in [-0.3, -0.25) is 9.88 Å². The first kappa shape index (κ1) is 20.2. The van der Waals surface area contributed by atoms with E-state index in [1.807, 2.05) is 11.8 Å². The van der Waals surface area contributed by atoms with E-state index in [0.717, 1.165) is 38.1 Å². The van der Waals surface area contributed by atoms with Gasteiger partial charge in [0, 0.05) is 41.7 Å². The number of thioether (sulfide) groups is 1. The van der Waals surface area contributed by atoms with Crippen LogP contribution in [0, 0.1) is 0 Å². The summed E-state index contributed by atoms with van der Waals surface area (Å²) in [6.07, 6.45) is 5.42. The molecular weight excluding hydrogens is 372 g/mol. The van der Waals surface area contributed by atoms with Crippen molar-refractivity contribution >= 4 is 11.8 Å². The summed E-state index contributed by atoms with van der Waals surface area (Å²) in [5, 5.41) is 0. The molecule has 1 aromatic heterocycles. The molecule has 2 nitrogen and oxygen atoms in total. The zero-order valence-electron chi connectivity index (χ0n) is 17.5. The number of pyridine rings is 1. The second-order valence-corrected chi connectivity index (χ2v) is 8.98. The zero-order chi connectivity index (χ0) is 20.1. The molecule has 0 fully saturated rings. The normalized spacial score (nSPS) is 15.1. The molecule has 150 valence electrons. The van der Waals surface area contributed by atoms with Gasteiger partial charge in [0.05, 0.1) is 0 Å². The summed E-state index contributed by atoms with van der Waals surface area (Å²) >= 11 is 1.93. The summed E-state index contributed by atoms with van der Waals surface area (Å²) in [5.41, 5.74) is 6.89. The van der Waals surface area contributed by atoms with Gasteiger partial charge < -0.3 is 0 Å². The van der Waals surface area contributed by atoms with E-state index in [1.54, 1.807) is 0 Å².